The fourth-order valence-electron chi connectivity index (χ4n) is 4.72. The van der Waals surface area contributed by atoms with Gasteiger partial charge in [0, 0.05) is 12.0 Å². The SMILES string of the molecule is CCC/C(F)=C(\F)c1ccc(C(=O)O)c(-c2ccc(C3CCC(CCC)CC3)cc2)c1. The van der Waals surface area contributed by atoms with Crippen molar-refractivity contribution in [3.63, 3.8) is 0 Å². The molecule has 4 heteroatoms. The highest BCUT2D eigenvalue weighted by atomic mass is 19.2. The second-order valence-corrected chi connectivity index (χ2v) is 8.66. The monoisotopic (exact) mass is 426 g/mol. The summed E-state index contributed by atoms with van der Waals surface area (Å²) in [6, 6.07) is 12.1. The van der Waals surface area contributed by atoms with E-state index in [4.69, 9.17) is 0 Å². The fraction of sp³-hybridized carbons (Fsp3) is 0.444. The third kappa shape index (κ3) is 5.61. The van der Waals surface area contributed by atoms with Crippen molar-refractivity contribution in [1.29, 1.82) is 0 Å². The van der Waals surface area contributed by atoms with Crippen LogP contribution in [0.25, 0.3) is 17.0 Å². The quantitative estimate of drug-likeness (QED) is 0.459. The van der Waals surface area contributed by atoms with Crippen LogP contribution in [0.1, 0.15) is 92.6 Å². The summed E-state index contributed by atoms with van der Waals surface area (Å²) in [7, 11) is 0. The van der Waals surface area contributed by atoms with Crippen LogP contribution in [0.2, 0.25) is 0 Å². The van der Waals surface area contributed by atoms with E-state index in [2.05, 4.69) is 19.1 Å². The lowest BCUT2D eigenvalue weighted by molar-refractivity contribution is 0.0697. The van der Waals surface area contributed by atoms with Crippen LogP contribution < -0.4 is 0 Å². The summed E-state index contributed by atoms with van der Waals surface area (Å²) in [6.07, 6.45) is 7.98. The van der Waals surface area contributed by atoms with Gasteiger partial charge in [0.15, 0.2) is 5.83 Å². The standard InChI is InChI=1S/C27H32F2O2/c1-3-5-18-7-9-19(10-8-18)20-11-13-21(14-12-20)24-17-22(15-16-23(24)27(30)31)26(29)25(28)6-4-2/h11-19H,3-10H2,1-2H3,(H,30,31)/b26-25+. The van der Waals surface area contributed by atoms with Crippen molar-refractivity contribution in [2.24, 2.45) is 5.92 Å². The van der Waals surface area contributed by atoms with E-state index in [0.29, 0.717) is 23.5 Å². The third-order valence-corrected chi connectivity index (χ3v) is 6.45. The Morgan fingerprint density at radius 1 is 0.968 bits per heavy atom. The maximum Gasteiger partial charge on any atom is 0.336 e. The predicted octanol–water partition coefficient (Wildman–Crippen LogP) is 8.53. The van der Waals surface area contributed by atoms with Crippen molar-refractivity contribution in [1.82, 2.24) is 0 Å². The molecule has 1 aliphatic rings. The van der Waals surface area contributed by atoms with Crippen LogP contribution in [0.5, 0.6) is 0 Å². The van der Waals surface area contributed by atoms with Gasteiger partial charge in [-0.15, -0.1) is 0 Å². The molecule has 0 aromatic heterocycles. The number of carbonyl (C=O) groups is 1. The lowest BCUT2D eigenvalue weighted by atomic mass is 9.77. The van der Waals surface area contributed by atoms with Gasteiger partial charge >= 0.3 is 5.97 Å². The molecule has 2 aromatic carbocycles. The second-order valence-electron chi connectivity index (χ2n) is 8.66. The van der Waals surface area contributed by atoms with Crippen molar-refractivity contribution in [2.75, 3.05) is 0 Å². The highest BCUT2D eigenvalue weighted by molar-refractivity contribution is 5.96. The largest absolute Gasteiger partial charge is 0.478 e. The molecule has 1 N–H and O–H groups in total. The van der Waals surface area contributed by atoms with E-state index in [1.807, 2.05) is 12.1 Å². The number of halogens is 2. The normalized spacial score (nSPS) is 19.7. The van der Waals surface area contributed by atoms with E-state index in [1.165, 1.54) is 62.3 Å². The van der Waals surface area contributed by atoms with Crippen LogP contribution in [-0.2, 0) is 0 Å². The summed E-state index contributed by atoms with van der Waals surface area (Å²) in [5, 5.41) is 9.60. The molecule has 0 unspecified atom stereocenters. The summed E-state index contributed by atoms with van der Waals surface area (Å²) in [5.74, 6) is -1.42. The Bertz CT molecular complexity index is 923. The molecule has 0 spiro atoms. The van der Waals surface area contributed by atoms with Gasteiger partial charge in [-0.1, -0.05) is 57.0 Å². The molecule has 0 aliphatic heterocycles. The first-order valence-electron chi connectivity index (χ1n) is 11.5. The number of hydrogen-bond donors (Lipinski definition) is 1. The average Bonchev–Trinajstić information content (AvgIpc) is 2.79. The van der Waals surface area contributed by atoms with Crippen LogP contribution in [-0.4, -0.2) is 11.1 Å². The Balaban J connectivity index is 1.87. The number of carboxylic acids is 1. The minimum absolute atomic E-state index is 0.0248. The first kappa shape index (κ1) is 23.2. The Kier molecular flexibility index (Phi) is 8.00. The summed E-state index contributed by atoms with van der Waals surface area (Å²) in [4.78, 5) is 11.7. The Hall–Kier alpha value is -2.49. The number of carboxylic acid groups (broad SMARTS) is 1. The van der Waals surface area contributed by atoms with Gasteiger partial charge in [-0.2, -0.15) is 0 Å². The lowest BCUT2D eigenvalue weighted by Crippen LogP contribution is -2.13. The first-order chi connectivity index (χ1) is 14.9. The highest BCUT2D eigenvalue weighted by Gasteiger charge is 2.22. The lowest BCUT2D eigenvalue weighted by Gasteiger charge is -2.28. The average molecular weight is 427 g/mol. The van der Waals surface area contributed by atoms with Gasteiger partial charge in [-0.05, 0) is 72.8 Å². The maximum atomic E-state index is 14.5. The molecule has 0 heterocycles. The van der Waals surface area contributed by atoms with Gasteiger partial charge in [0.05, 0.1) is 5.56 Å². The molecule has 31 heavy (non-hydrogen) atoms. The maximum absolute atomic E-state index is 14.5. The van der Waals surface area contributed by atoms with E-state index in [1.54, 1.807) is 6.92 Å². The molecule has 0 bridgehead atoms. The molecular formula is C27H32F2O2. The van der Waals surface area contributed by atoms with Gasteiger partial charge in [0.25, 0.3) is 0 Å². The van der Waals surface area contributed by atoms with E-state index in [-0.39, 0.29) is 17.5 Å². The van der Waals surface area contributed by atoms with Crippen molar-refractivity contribution >= 4 is 11.8 Å². The van der Waals surface area contributed by atoms with Crippen LogP contribution in [0.15, 0.2) is 48.3 Å². The molecule has 1 aliphatic carbocycles. The van der Waals surface area contributed by atoms with E-state index >= 15 is 0 Å². The van der Waals surface area contributed by atoms with Crippen molar-refractivity contribution < 1.29 is 18.7 Å². The molecule has 2 aromatic rings. The molecule has 0 amide bonds. The number of benzene rings is 2. The van der Waals surface area contributed by atoms with E-state index in [0.717, 1.165) is 5.92 Å². The van der Waals surface area contributed by atoms with Crippen LogP contribution in [0.3, 0.4) is 0 Å². The van der Waals surface area contributed by atoms with Gasteiger partial charge in [-0.25, -0.2) is 13.6 Å². The van der Waals surface area contributed by atoms with Crippen molar-refractivity contribution in [2.45, 2.75) is 71.1 Å². The Labute approximate surface area is 184 Å². The third-order valence-electron chi connectivity index (χ3n) is 6.45. The number of rotatable bonds is 8. The number of allylic oxidation sites excluding steroid dienone is 1. The Morgan fingerprint density at radius 3 is 2.23 bits per heavy atom. The molecule has 1 saturated carbocycles. The zero-order valence-corrected chi connectivity index (χ0v) is 18.5. The number of hydrogen-bond acceptors (Lipinski definition) is 1. The predicted molar refractivity (Wildman–Crippen MR) is 122 cm³/mol. The van der Waals surface area contributed by atoms with Crippen LogP contribution in [0, 0.1) is 5.92 Å². The minimum Gasteiger partial charge on any atom is -0.478 e. The summed E-state index contributed by atoms with van der Waals surface area (Å²) < 4.78 is 28.5. The summed E-state index contributed by atoms with van der Waals surface area (Å²) >= 11 is 0. The molecule has 0 radical (unpaired) electrons. The molecule has 3 rings (SSSR count). The zero-order valence-electron chi connectivity index (χ0n) is 18.5. The van der Waals surface area contributed by atoms with Crippen LogP contribution >= 0.6 is 0 Å². The van der Waals surface area contributed by atoms with E-state index < -0.39 is 17.6 Å². The Morgan fingerprint density at radius 2 is 1.65 bits per heavy atom. The zero-order chi connectivity index (χ0) is 22.4. The molecule has 0 saturated heterocycles. The summed E-state index contributed by atoms with van der Waals surface area (Å²) in [5.41, 5.74) is 2.53. The second kappa shape index (κ2) is 10.7. The molecule has 0 atom stereocenters. The van der Waals surface area contributed by atoms with Crippen molar-refractivity contribution in [3.8, 4) is 11.1 Å². The summed E-state index contributed by atoms with van der Waals surface area (Å²) in [6.45, 7) is 4.02. The van der Waals surface area contributed by atoms with Gasteiger partial charge in [0.1, 0.15) is 5.83 Å². The topological polar surface area (TPSA) is 37.3 Å². The van der Waals surface area contributed by atoms with Crippen LogP contribution in [0.4, 0.5) is 8.78 Å². The van der Waals surface area contributed by atoms with Gasteiger partial charge < -0.3 is 5.11 Å². The molecule has 166 valence electrons. The minimum atomic E-state index is -1.08. The highest BCUT2D eigenvalue weighted by Crippen LogP contribution is 2.38. The van der Waals surface area contributed by atoms with Gasteiger partial charge in [0.2, 0.25) is 0 Å². The van der Waals surface area contributed by atoms with Crippen molar-refractivity contribution in [3.05, 3.63) is 65.0 Å². The molecule has 1 fully saturated rings. The molecule has 2 nitrogen and oxygen atoms in total. The van der Waals surface area contributed by atoms with E-state index in [9.17, 15) is 18.7 Å². The fourth-order valence-corrected chi connectivity index (χ4v) is 4.72. The first-order valence-corrected chi connectivity index (χ1v) is 11.5. The smallest absolute Gasteiger partial charge is 0.336 e. The number of aromatic carboxylic acids is 1. The molecular weight excluding hydrogens is 394 g/mol. The van der Waals surface area contributed by atoms with Gasteiger partial charge in [-0.3, -0.25) is 0 Å².